The number of anilines is 2. The zero-order valence-corrected chi connectivity index (χ0v) is 8.76. The van der Waals surface area contributed by atoms with E-state index in [1.165, 1.54) is 23.7 Å². The first-order valence-electron chi connectivity index (χ1n) is 4.19. The number of nitrogens with zero attached hydrogens (tertiary/aromatic N) is 2. The highest BCUT2D eigenvalue weighted by atomic mass is 32.1. The van der Waals surface area contributed by atoms with Crippen LogP contribution in [0.3, 0.4) is 0 Å². The maximum absolute atomic E-state index is 11.6. The summed E-state index contributed by atoms with van der Waals surface area (Å²) in [6.07, 6.45) is 2.97. The summed E-state index contributed by atoms with van der Waals surface area (Å²) in [4.78, 5) is 16.2. The summed E-state index contributed by atoms with van der Waals surface area (Å²) < 4.78 is 0. The lowest BCUT2D eigenvalue weighted by Gasteiger charge is -1.99. The van der Waals surface area contributed by atoms with Crippen LogP contribution in [0.15, 0.2) is 12.4 Å². The Hall–Kier alpha value is -1.89. The number of aromatic nitrogens is 3. The summed E-state index contributed by atoms with van der Waals surface area (Å²) in [5.41, 5.74) is 5.96. The van der Waals surface area contributed by atoms with E-state index in [9.17, 15) is 4.79 Å². The van der Waals surface area contributed by atoms with Gasteiger partial charge in [0.15, 0.2) is 5.82 Å². The first-order valence-corrected chi connectivity index (χ1v) is 5.01. The third-order valence-corrected chi connectivity index (χ3v) is 2.66. The molecule has 0 bridgehead atoms. The lowest BCUT2D eigenvalue weighted by Crippen LogP contribution is -2.11. The van der Waals surface area contributed by atoms with Gasteiger partial charge in [0, 0.05) is 0 Å². The van der Waals surface area contributed by atoms with Crippen LogP contribution in [-0.2, 0) is 0 Å². The molecule has 2 rings (SSSR count). The quantitative estimate of drug-likeness (QED) is 0.707. The van der Waals surface area contributed by atoms with Crippen molar-refractivity contribution in [2.45, 2.75) is 6.92 Å². The molecule has 0 aliphatic rings. The van der Waals surface area contributed by atoms with Crippen LogP contribution in [0.2, 0.25) is 0 Å². The molecule has 0 saturated carbocycles. The first kappa shape index (κ1) is 9.66. The number of aromatic amines is 1. The monoisotopic (exact) mass is 223 g/mol. The highest BCUT2D eigenvalue weighted by Gasteiger charge is 2.11. The molecule has 0 aliphatic heterocycles. The average molecular weight is 223 g/mol. The Kier molecular flexibility index (Phi) is 2.38. The van der Waals surface area contributed by atoms with Gasteiger partial charge in [-0.2, -0.15) is 5.10 Å². The number of rotatable bonds is 2. The molecule has 15 heavy (non-hydrogen) atoms. The van der Waals surface area contributed by atoms with Crippen LogP contribution < -0.4 is 11.1 Å². The second kappa shape index (κ2) is 3.70. The highest BCUT2D eigenvalue weighted by Crippen LogP contribution is 2.16. The number of thiazole rings is 1. The highest BCUT2D eigenvalue weighted by molar-refractivity contribution is 7.13. The molecule has 6 nitrogen and oxygen atoms in total. The van der Waals surface area contributed by atoms with Gasteiger partial charge >= 0.3 is 0 Å². The topological polar surface area (TPSA) is 96.7 Å². The molecule has 0 saturated heterocycles. The van der Waals surface area contributed by atoms with Gasteiger partial charge in [0.05, 0.1) is 23.1 Å². The van der Waals surface area contributed by atoms with Gasteiger partial charge in [0.25, 0.3) is 5.91 Å². The van der Waals surface area contributed by atoms with Crippen LogP contribution in [0.5, 0.6) is 0 Å². The predicted octanol–water partition coefficient (Wildman–Crippen LogP) is 1.01. The molecule has 4 N–H and O–H groups in total. The summed E-state index contributed by atoms with van der Waals surface area (Å²) in [6.45, 7) is 1.84. The Labute approximate surface area is 89.5 Å². The van der Waals surface area contributed by atoms with Crippen molar-refractivity contribution < 1.29 is 4.79 Å². The maximum Gasteiger partial charge on any atom is 0.268 e. The molecule has 0 spiro atoms. The van der Waals surface area contributed by atoms with Crippen molar-refractivity contribution in [1.82, 2.24) is 15.2 Å². The van der Waals surface area contributed by atoms with E-state index in [0.29, 0.717) is 16.4 Å². The predicted molar refractivity (Wildman–Crippen MR) is 57.8 cm³/mol. The molecule has 0 atom stereocenters. The zero-order chi connectivity index (χ0) is 10.8. The number of nitrogens with two attached hydrogens (primary N) is 1. The lowest BCUT2D eigenvalue weighted by molar-refractivity contribution is 0.103. The van der Waals surface area contributed by atoms with Crippen LogP contribution in [0.4, 0.5) is 11.5 Å². The summed E-state index contributed by atoms with van der Waals surface area (Å²) >= 11 is 1.33. The molecule has 1 amide bonds. The minimum Gasteiger partial charge on any atom is -0.394 e. The Morgan fingerprint density at radius 1 is 1.60 bits per heavy atom. The summed E-state index contributed by atoms with van der Waals surface area (Å²) in [7, 11) is 0. The van der Waals surface area contributed by atoms with E-state index in [1.807, 2.05) is 6.92 Å². The van der Waals surface area contributed by atoms with Crippen LogP contribution in [0.25, 0.3) is 0 Å². The van der Waals surface area contributed by atoms with Crippen molar-refractivity contribution in [1.29, 1.82) is 0 Å². The normalized spacial score (nSPS) is 10.2. The molecule has 2 heterocycles. The Balaban J connectivity index is 2.14. The number of carbonyl (C=O) groups is 1. The van der Waals surface area contributed by atoms with Gasteiger partial charge in [-0.15, -0.1) is 11.3 Å². The number of hydrogen-bond donors (Lipinski definition) is 3. The molecule has 0 unspecified atom stereocenters. The van der Waals surface area contributed by atoms with Crippen molar-refractivity contribution in [3.05, 3.63) is 22.3 Å². The first-order chi connectivity index (χ1) is 7.16. The second-order valence-electron chi connectivity index (χ2n) is 2.90. The minimum atomic E-state index is -0.239. The summed E-state index contributed by atoms with van der Waals surface area (Å²) in [5, 5.41) is 9.74. The van der Waals surface area contributed by atoms with Gasteiger partial charge in [-0.3, -0.25) is 9.89 Å². The third-order valence-electron chi connectivity index (χ3n) is 1.75. The summed E-state index contributed by atoms with van der Waals surface area (Å²) in [6, 6.07) is 0. The molecule has 2 aromatic rings. The third kappa shape index (κ3) is 1.96. The maximum atomic E-state index is 11.6. The van der Waals surface area contributed by atoms with Crippen molar-refractivity contribution in [3.8, 4) is 0 Å². The van der Waals surface area contributed by atoms with Gasteiger partial charge in [-0.25, -0.2) is 4.98 Å². The number of nitrogens with one attached hydrogen (secondary N) is 2. The lowest BCUT2D eigenvalue weighted by atomic mass is 10.4. The number of nitrogen functional groups attached to an aromatic ring is 1. The molecule has 0 aromatic carbocycles. The minimum absolute atomic E-state index is 0.239. The zero-order valence-electron chi connectivity index (χ0n) is 7.94. The fraction of sp³-hybridized carbons (Fsp3) is 0.125. The largest absolute Gasteiger partial charge is 0.394 e. The van der Waals surface area contributed by atoms with Gasteiger partial charge in [0.2, 0.25) is 0 Å². The van der Waals surface area contributed by atoms with Gasteiger partial charge in [-0.05, 0) is 6.92 Å². The van der Waals surface area contributed by atoms with Gasteiger partial charge < -0.3 is 11.1 Å². The Morgan fingerprint density at radius 3 is 2.93 bits per heavy atom. The van der Waals surface area contributed by atoms with E-state index < -0.39 is 0 Å². The number of amides is 1. The number of H-pyrrole nitrogens is 1. The molecule has 0 fully saturated rings. The molecule has 0 radical (unpaired) electrons. The fourth-order valence-corrected chi connectivity index (χ4v) is 1.71. The van der Waals surface area contributed by atoms with E-state index in [4.69, 9.17) is 5.73 Å². The summed E-state index contributed by atoms with van der Waals surface area (Å²) in [5.74, 6) is 0.169. The van der Waals surface area contributed by atoms with E-state index >= 15 is 0 Å². The Bertz CT molecular complexity index is 489. The second-order valence-corrected chi connectivity index (χ2v) is 4.13. The molecule has 78 valence electrons. The number of hydrogen-bond acceptors (Lipinski definition) is 5. The van der Waals surface area contributed by atoms with Gasteiger partial charge in [0.1, 0.15) is 4.88 Å². The van der Waals surface area contributed by atoms with Crippen LogP contribution >= 0.6 is 11.3 Å². The van der Waals surface area contributed by atoms with Crippen molar-refractivity contribution in [3.63, 3.8) is 0 Å². The van der Waals surface area contributed by atoms with Crippen LogP contribution in [-0.4, -0.2) is 21.1 Å². The van der Waals surface area contributed by atoms with E-state index in [1.54, 1.807) is 0 Å². The fourth-order valence-electron chi connectivity index (χ4n) is 1.04. The molecule has 7 heteroatoms. The standard InChI is InChI=1S/C8H9N5OS/c1-4-10-3-6(15-4)8(14)12-7-5(9)2-11-13-7/h2-3H,9H2,1H3,(H2,11,12,13,14). The van der Waals surface area contributed by atoms with E-state index in [-0.39, 0.29) is 5.91 Å². The van der Waals surface area contributed by atoms with Crippen molar-refractivity contribution >= 4 is 28.7 Å². The molecular weight excluding hydrogens is 214 g/mol. The smallest absolute Gasteiger partial charge is 0.268 e. The van der Waals surface area contributed by atoms with Crippen molar-refractivity contribution in [2.24, 2.45) is 0 Å². The molecule has 2 aromatic heterocycles. The average Bonchev–Trinajstić information content (AvgIpc) is 2.77. The van der Waals surface area contributed by atoms with Crippen molar-refractivity contribution in [2.75, 3.05) is 11.1 Å². The SMILES string of the molecule is Cc1ncc(C(=O)Nc2[nH]ncc2N)s1. The number of carbonyl (C=O) groups excluding carboxylic acids is 1. The van der Waals surface area contributed by atoms with Gasteiger partial charge in [-0.1, -0.05) is 0 Å². The van der Waals surface area contributed by atoms with Crippen LogP contribution in [0.1, 0.15) is 14.7 Å². The van der Waals surface area contributed by atoms with E-state index in [2.05, 4.69) is 20.5 Å². The number of aryl methyl sites for hydroxylation is 1. The molecular formula is C8H9N5OS. The van der Waals surface area contributed by atoms with E-state index in [0.717, 1.165) is 5.01 Å². The van der Waals surface area contributed by atoms with Crippen LogP contribution in [0, 0.1) is 6.92 Å². The molecule has 0 aliphatic carbocycles. The Morgan fingerprint density at radius 2 is 2.40 bits per heavy atom.